The zero-order valence-electron chi connectivity index (χ0n) is 8.62. The molecule has 1 aromatic carbocycles. The van der Waals surface area contributed by atoms with E-state index in [9.17, 15) is 4.79 Å². The summed E-state index contributed by atoms with van der Waals surface area (Å²) in [6.45, 7) is 3.73. The van der Waals surface area contributed by atoms with Gasteiger partial charge in [0.15, 0.2) is 0 Å². The van der Waals surface area contributed by atoms with Crippen LogP contribution in [0.15, 0.2) is 30.9 Å². The average Bonchev–Trinajstić information content (AvgIpc) is 2.28. The van der Waals surface area contributed by atoms with Gasteiger partial charge in [0.2, 0.25) is 5.91 Å². The van der Waals surface area contributed by atoms with Crippen molar-refractivity contribution in [1.29, 1.82) is 0 Å². The molecule has 0 spiro atoms. The third-order valence-corrected chi connectivity index (χ3v) is 1.95. The van der Waals surface area contributed by atoms with Crippen LogP contribution >= 0.6 is 0 Å². The minimum absolute atomic E-state index is 0.247. The first-order valence-electron chi connectivity index (χ1n) is 4.51. The fourth-order valence-electron chi connectivity index (χ4n) is 1.21. The molecule has 0 unspecified atom stereocenters. The van der Waals surface area contributed by atoms with Gasteiger partial charge in [0.25, 0.3) is 0 Å². The number of nitrogens with one attached hydrogen (secondary N) is 1. The van der Waals surface area contributed by atoms with Gasteiger partial charge >= 0.3 is 0 Å². The van der Waals surface area contributed by atoms with Gasteiger partial charge in [-0.2, -0.15) is 0 Å². The molecule has 0 atom stereocenters. The average molecular weight is 206 g/mol. The molecule has 0 aliphatic heterocycles. The maximum absolute atomic E-state index is 11.0. The normalized spacial score (nSPS) is 9.47. The molecule has 0 radical (unpaired) electrons. The lowest BCUT2D eigenvalue weighted by Crippen LogP contribution is -2.08. The standard InChI is InChI=1S/C11H14N2O2/c1-3-11(14)13-9-4-5-10(15-2)8(6-9)7-12/h3-6H,1,7,12H2,2H3,(H,13,14). The Morgan fingerprint density at radius 1 is 1.67 bits per heavy atom. The molecule has 0 fully saturated rings. The smallest absolute Gasteiger partial charge is 0.247 e. The van der Waals surface area contributed by atoms with Crippen molar-refractivity contribution in [2.75, 3.05) is 12.4 Å². The molecule has 0 heterocycles. The predicted octanol–water partition coefficient (Wildman–Crippen LogP) is 1.28. The number of carbonyl (C=O) groups excluding carboxylic acids is 1. The fraction of sp³-hybridized carbons (Fsp3) is 0.182. The van der Waals surface area contributed by atoms with Crippen LogP contribution in [0.25, 0.3) is 0 Å². The molecule has 0 aliphatic rings. The summed E-state index contributed by atoms with van der Waals surface area (Å²) >= 11 is 0. The van der Waals surface area contributed by atoms with Gasteiger partial charge in [0, 0.05) is 17.8 Å². The molecule has 1 aromatic rings. The van der Waals surface area contributed by atoms with Gasteiger partial charge in [-0.3, -0.25) is 4.79 Å². The molecule has 1 rings (SSSR count). The summed E-state index contributed by atoms with van der Waals surface area (Å²) in [6.07, 6.45) is 1.21. The van der Waals surface area contributed by atoms with E-state index in [-0.39, 0.29) is 5.91 Å². The lowest BCUT2D eigenvalue weighted by molar-refractivity contribution is -0.111. The minimum atomic E-state index is -0.247. The molecule has 0 saturated heterocycles. The summed E-state index contributed by atoms with van der Waals surface area (Å²) in [5.74, 6) is 0.470. The van der Waals surface area contributed by atoms with Crippen LogP contribution < -0.4 is 15.8 Å². The number of benzene rings is 1. The van der Waals surface area contributed by atoms with Crippen molar-refractivity contribution in [2.45, 2.75) is 6.54 Å². The first-order chi connectivity index (χ1) is 7.21. The van der Waals surface area contributed by atoms with Gasteiger partial charge < -0.3 is 15.8 Å². The number of hydrogen-bond acceptors (Lipinski definition) is 3. The predicted molar refractivity (Wildman–Crippen MR) is 59.7 cm³/mol. The van der Waals surface area contributed by atoms with E-state index in [2.05, 4.69) is 11.9 Å². The Bertz CT molecular complexity index is 375. The summed E-state index contributed by atoms with van der Waals surface area (Å²) in [6, 6.07) is 5.29. The molecule has 1 amide bonds. The van der Waals surface area contributed by atoms with E-state index >= 15 is 0 Å². The summed E-state index contributed by atoms with van der Waals surface area (Å²) in [4.78, 5) is 11.0. The SMILES string of the molecule is C=CC(=O)Nc1ccc(OC)c(CN)c1. The quantitative estimate of drug-likeness (QED) is 0.729. The maximum Gasteiger partial charge on any atom is 0.247 e. The topological polar surface area (TPSA) is 64.3 Å². The number of nitrogens with two attached hydrogens (primary N) is 1. The number of amides is 1. The van der Waals surface area contributed by atoms with Gasteiger partial charge in [-0.25, -0.2) is 0 Å². The molecule has 15 heavy (non-hydrogen) atoms. The van der Waals surface area contributed by atoms with Crippen molar-refractivity contribution in [3.8, 4) is 5.75 Å². The zero-order valence-corrected chi connectivity index (χ0v) is 8.62. The van der Waals surface area contributed by atoms with Gasteiger partial charge in [0.05, 0.1) is 7.11 Å². The second-order valence-corrected chi connectivity index (χ2v) is 2.92. The molecule has 0 aliphatic carbocycles. The Morgan fingerprint density at radius 2 is 2.40 bits per heavy atom. The lowest BCUT2D eigenvalue weighted by Gasteiger charge is -2.09. The number of carbonyl (C=O) groups is 1. The highest BCUT2D eigenvalue weighted by atomic mass is 16.5. The van der Waals surface area contributed by atoms with E-state index in [1.54, 1.807) is 25.3 Å². The monoisotopic (exact) mass is 206 g/mol. The van der Waals surface area contributed by atoms with Gasteiger partial charge in [-0.05, 0) is 24.3 Å². The minimum Gasteiger partial charge on any atom is -0.496 e. The number of ether oxygens (including phenoxy) is 1. The van der Waals surface area contributed by atoms with Crippen molar-refractivity contribution >= 4 is 11.6 Å². The van der Waals surface area contributed by atoms with Crippen LogP contribution in [0.5, 0.6) is 5.75 Å². The van der Waals surface area contributed by atoms with Crippen molar-refractivity contribution in [3.05, 3.63) is 36.4 Å². The fourth-order valence-corrected chi connectivity index (χ4v) is 1.21. The highest BCUT2D eigenvalue weighted by Gasteiger charge is 2.03. The van der Waals surface area contributed by atoms with E-state index < -0.39 is 0 Å². The van der Waals surface area contributed by atoms with Crippen molar-refractivity contribution in [2.24, 2.45) is 5.73 Å². The van der Waals surface area contributed by atoms with Gasteiger partial charge in [-0.15, -0.1) is 0 Å². The van der Waals surface area contributed by atoms with Crippen LogP contribution in [-0.2, 0) is 11.3 Å². The van der Waals surface area contributed by atoms with E-state index in [1.807, 2.05) is 0 Å². The third kappa shape index (κ3) is 2.82. The number of rotatable bonds is 4. The first kappa shape index (κ1) is 11.3. The number of anilines is 1. The second-order valence-electron chi connectivity index (χ2n) is 2.92. The van der Waals surface area contributed by atoms with Crippen LogP contribution in [0.1, 0.15) is 5.56 Å². The third-order valence-electron chi connectivity index (χ3n) is 1.95. The summed E-state index contributed by atoms with van der Waals surface area (Å²) in [7, 11) is 1.58. The van der Waals surface area contributed by atoms with Gasteiger partial charge in [-0.1, -0.05) is 6.58 Å². The van der Waals surface area contributed by atoms with E-state index in [0.717, 1.165) is 5.56 Å². The molecular formula is C11H14N2O2. The summed E-state index contributed by atoms with van der Waals surface area (Å²) in [5.41, 5.74) is 7.07. The van der Waals surface area contributed by atoms with Gasteiger partial charge in [0.1, 0.15) is 5.75 Å². The van der Waals surface area contributed by atoms with E-state index in [0.29, 0.717) is 18.0 Å². The van der Waals surface area contributed by atoms with Crippen molar-refractivity contribution in [1.82, 2.24) is 0 Å². The lowest BCUT2D eigenvalue weighted by atomic mass is 10.1. The first-order valence-corrected chi connectivity index (χ1v) is 4.51. The van der Waals surface area contributed by atoms with Crippen LogP contribution in [0.4, 0.5) is 5.69 Å². The molecule has 4 nitrogen and oxygen atoms in total. The maximum atomic E-state index is 11.0. The van der Waals surface area contributed by atoms with Crippen LogP contribution in [0.3, 0.4) is 0 Å². The Kier molecular flexibility index (Phi) is 3.88. The Labute approximate surface area is 88.7 Å². The molecule has 0 bridgehead atoms. The number of hydrogen-bond donors (Lipinski definition) is 2. The molecular weight excluding hydrogens is 192 g/mol. The largest absolute Gasteiger partial charge is 0.496 e. The second kappa shape index (κ2) is 5.17. The van der Waals surface area contributed by atoms with Crippen molar-refractivity contribution in [3.63, 3.8) is 0 Å². The van der Waals surface area contributed by atoms with Crippen molar-refractivity contribution < 1.29 is 9.53 Å². The highest BCUT2D eigenvalue weighted by molar-refractivity contribution is 5.98. The Hall–Kier alpha value is -1.81. The zero-order chi connectivity index (χ0) is 11.3. The molecule has 80 valence electrons. The van der Waals surface area contributed by atoms with E-state index in [1.165, 1.54) is 6.08 Å². The van der Waals surface area contributed by atoms with Crippen LogP contribution in [0, 0.1) is 0 Å². The van der Waals surface area contributed by atoms with Crippen LogP contribution in [-0.4, -0.2) is 13.0 Å². The Balaban J connectivity index is 2.92. The summed E-state index contributed by atoms with van der Waals surface area (Å²) in [5, 5.41) is 2.65. The van der Waals surface area contributed by atoms with E-state index in [4.69, 9.17) is 10.5 Å². The van der Waals surface area contributed by atoms with Crippen LogP contribution in [0.2, 0.25) is 0 Å². The molecule has 4 heteroatoms. The Morgan fingerprint density at radius 3 is 2.93 bits per heavy atom. The number of methoxy groups -OCH3 is 1. The summed E-state index contributed by atoms with van der Waals surface area (Å²) < 4.78 is 5.11. The highest BCUT2D eigenvalue weighted by Crippen LogP contribution is 2.21. The molecule has 0 aromatic heterocycles. The molecule has 3 N–H and O–H groups in total. The molecule has 0 saturated carbocycles.